The third-order valence-electron chi connectivity index (χ3n) is 15.6. The predicted molar refractivity (Wildman–Crippen MR) is 368 cm³/mol. The molecule has 0 spiro atoms. The molecule has 0 unspecified atom stereocenters. The van der Waals surface area contributed by atoms with E-state index in [0.29, 0.717) is 11.1 Å². The highest BCUT2D eigenvalue weighted by Crippen LogP contribution is 2.42. The van der Waals surface area contributed by atoms with Crippen LogP contribution < -0.4 is 63.8 Å². The lowest BCUT2D eigenvalue weighted by Gasteiger charge is -2.27. The van der Waals surface area contributed by atoms with Gasteiger partial charge in [-0.05, 0) is 98.6 Å². The number of phenolic OH excluding ortho intramolecular Hbond substituents is 2. The standard InChI is InChI=1S/C70H96N12O18/c1-37(2)29-47(79-65(93)49(31-39(5)6)77-61(89)41(9)75-67(95)51(33-83)81-69(97)99-35-43-17-13-11-14-18-43)63(91)73-27-25-71-45-21-22-46(56-55(45)59(87)57-53(85)23-24-54(86)58(57)60(56)88)72-26-28-74-64(92)48(30-38(3)4)80-66(94)50(32-40(7)8)78-62(90)42(10)76-68(96)52(34-84)82-70(98)100-36-44-19-15-12-16-20-44/h11-24,37-42,47-52,71-72,83-86H,25-36H2,1-10H3,(H,73,91)(H,74,92)(H,75,95)(H,76,96)(H,77,89)(H,78,90)(H,79,93)(H,80,94)(H,81,97)(H,82,98)/t41-,42-,47-,48-,49-,50-,51-,52-/m0/s1. The van der Waals surface area contributed by atoms with Crippen LogP contribution in [0.3, 0.4) is 0 Å². The fraction of sp³-hybridized carbons (Fsp3) is 0.486. The first-order valence-corrected chi connectivity index (χ1v) is 33.3. The summed E-state index contributed by atoms with van der Waals surface area (Å²) in [7, 11) is 0. The van der Waals surface area contributed by atoms with E-state index in [1.54, 1.807) is 60.7 Å². The monoisotopic (exact) mass is 1390 g/mol. The lowest BCUT2D eigenvalue weighted by atomic mass is 9.81. The van der Waals surface area contributed by atoms with Crippen LogP contribution in [0.4, 0.5) is 21.0 Å². The van der Waals surface area contributed by atoms with Crippen molar-refractivity contribution in [3.63, 3.8) is 0 Å². The normalized spacial score (nSPS) is 14.0. The summed E-state index contributed by atoms with van der Waals surface area (Å²) in [5, 5.41) is 73.5. The number of ether oxygens (including phenoxy) is 2. The van der Waals surface area contributed by atoms with Gasteiger partial charge in [-0.1, -0.05) is 116 Å². The fourth-order valence-corrected chi connectivity index (χ4v) is 10.6. The third kappa shape index (κ3) is 24.6. The first kappa shape index (κ1) is 80.3. The van der Waals surface area contributed by atoms with E-state index < -0.39 is 155 Å². The van der Waals surface area contributed by atoms with Crippen LogP contribution in [0.5, 0.6) is 11.5 Å². The number of aromatic hydroxyl groups is 2. The molecule has 1 aliphatic rings. The number of nitrogens with one attached hydrogen (secondary N) is 12. The molecule has 0 aliphatic heterocycles. The smallest absolute Gasteiger partial charge is 0.408 e. The summed E-state index contributed by atoms with van der Waals surface area (Å²) >= 11 is 0. The lowest BCUT2D eigenvalue weighted by molar-refractivity contribution is -0.134. The van der Waals surface area contributed by atoms with Crippen LogP contribution in [0.25, 0.3) is 0 Å². The summed E-state index contributed by atoms with van der Waals surface area (Å²) in [6.45, 7) is 15.1. The highest BCUT2D eigenvalue weighted by Gasteiger charge is 2.39. The minimum absolute atomic E-state index is 0.0619. The van der Waals surface area contributed by atoms with Crippen LogP contribution in [0.15, 0.2) is 84.9 Å². The molecule has 16 N–H and O–H groups in total. The molecule has 4 aromatic carbocycles. The molecule has 0 heterocycles. The van der Waals surface area contributed by atoms with E-state index in [0.717, 1.165) is 12.1 Å². The van der Waals surface area contributed by atoms with Gasteiger partial charge < -0.3 is 93.7 Å². The maximum atomic E-state index is 14.4. The SMILES string of the molecule is CC(C)C[C@H](NC(=O)[C@H](C)NC(=O)[C@H](CO)NC(=O)OCc1ccccc1)C(=O)N[C@@H](CC(C)C)C(=O)NCCNc1ccc(NCCNC(=O)[C@H](CC(C)C)NC(=O)[C@H](CC(C)C)NC(=O)[C@H](C)NC(=O)[C@H](CO)NC(=O)OCc2ccccc2)c2c1C(=O)c1c(O)ccc(O)c1C2=O. The van der Waals surface area contributed by atoms with Crippen molar-refractivity contribution in [2.24, 2.45) is 23.7 Å². The first-order chi connectivity index (χ1) is 47.4. The summed E-state index contributed by atoms with van der Waals surface area (Å²) in [4.78, 5) is 163. The molecular weight excluding hydrogens is 1300 g/mol. The van der Waals surface area contributed by atoms with E-state index >= 15 is 0 Å². The largest absolute Gasteiger partial charge is 0.507 e. The molecule has 0 fully saturated rings. The van der Waals surface area contributed by atoms with Crippen molar-refractivity contribution in [2.75, 3.05) is 50.0 Å². The van der Waals surface area contributed by atoms with Gasteiger partial charge in [0.05, 0.1) is 35.5 Å². The zero-order valence-corrected chi connectivity index (χ0v) is 58.0. The second-order valence-electron chi connectivity index (χ2n) is 26.0. The number of carbonyl (C=O) groups excluding carboxylic acids is 12. The average molecular weight is 1390 g/mol. The second-order valence-corrected chi connectivity index (χ2v) is 26.0. The number of benzene rings is 4. The van der Waals surface area contributed by atoms with Gasteiger partial charge in [0.25, 0.3) is 0 Å². The molecule has 0 saturated heterocycles. The van der Waals surface area contributed by atoms with Crippen LogP contribution in [0.1, 0.15) is 138 Å². The number of fused-ring (bicyclic) bond motifs is 2. The first-order valence-electron chi connectivity index (χ1n) is 33.3. The van der Waals surface area contributed by atoms with Crippen LogP contribution in [-0.4, -0.2) is 179 Å². The van der Waals surface area contributed by atoms with Crippen molar-refractivity contribution in [3.05, 3.63) is 118 Å². The number of hydrogen-bond acceptors (Lipinski definition) is 20. The Balaban J connectivity index is 1.21. The molecule has 5 rings (SSSR count). The maximum Gasteiger partial charge on any atom is 0.408 e. The number of carbonyl (C=O) groups is 12. The summed E-state index contributed by atoms with van der Waals surface area (Å²) in [5.74, 6) is -9.32. The summed E-state index contributed by atoms with van der Waals surface area (Å²) in [6, 6.07) is 12.5. The Morgan fingerprint density at radius 3 is 0.960 bits per heavy atom. The minimum atomic E-state index is -1.48. The average Bonchev–Trinajstić information content (AvgIpc) is 0.732. The van der Waals surface area contributed by atoms with Crippen LogP contribution in [0, 0.1) is 23.7 Å². The van der Waals surface area contributed by atoms with Gasteiger partial charge in [0.2, 0.25) is 58.8 Å². The number of rotatable bonds is 38. The number of anilines is 2. The zero-order valence-electron chi connectivity index (χ0n) is 58.0. The van der Waals surface area contributed by atoms with E-state index in [1.165, 1.54) is 26.0 Å². The maximum absolute atomic E-state index is 14.4. The molecule has 8 atom stereocenters. The van der Waals surface area contributed by atoms with Crippen molar-refractivity contribution in [1.82, 2.24) is 53.2 Å². The molecule has 0 bridgehead atoms. The van der Waals surface area contributed by atoms with Crippen molar-refractivity contribution in [2.45, 2.75) is 156 Å². The molecule has 544 valence electrons. The van der Waals surface area contributed by atoms with Gasteiger partial charge in [-0.2, -0.15) is 0 Å². The number of alkyl carbamates (subject to hydrolysis) is 2. The molecule has 0 radical (unpaired) electrons. The Morgan fingerprint density at radius 1 is 0.350 bits per heavy atom. The Labute approximate surface area is 580 Å². The van der Waals surface area contributed by atoms with Crippen molar-refractivity contribution in [3.8, 4) is 11.5 Å². The Hall–Kier alpha value is -10.4. The van der Waals surface area contributed by atoms with E-state index in [1.807, 2.05) is 55.4 Å². The van der Waals surface area contributed by atoms with Crippen molar-refractivity contribution >= 4 is 82.4 Å². The number of hydrogen-bond donors (Lipinski definition) is 16. The van der Waals surface area contributed by atoms with Gasteiger partial charge in [-0.25, -0.2) is 9.59 Å². The Bertz CT molecular complexity index is 3290. The predicted octanol–water partition coefficient (Wildman–Crippen LogP) is 2.64. The quantitative estimate of drug-likeness (QED) is 0.0199. The molecule has 100 heavy (non-hydrogen) atoms. The van der Waals surface area contributed by atoms with E-state index in [9.17, 15) is 78.0 Å². The van der Waals surface area contributed by atoms with Crippen LogP contribution in [-0.2, 0) is 61.0 Å². The molecule has 0 saturated carbocycles. The molecular formula is C70H96N12O18. The van der Waals surface area contributed by atoms with Gasteiger partial charge in [0, 0.05) is 37.6 Å². The fourth-order valence-electron chi connectivity index (χ4n) is 10.6. The molecule has 30 heteroatoms. The van der Waals surface area contributed by atoms with Crippen LogP contribution >= 0.6 is 0 Å². The second kappa shape index (κ2) is 39.3. The van der Waals surface area contributed by atoms with E-state index in [2.05, 4.69) is 63.8 Å². The summed E-state index contributed by atoms with van der Waals surface area (Å²) in [5.41, 5.74) is 0.280. The third-order valence-corrected chi connectivity index (χ3v) is 15.6. The topological polar surface area (TPSA) is 449 Å². The van der Waals surface area contributed by atoms with E-state index in [4.69, 9.17) is 9.47 Å². The number of phenols is 2. The zero-order chi connectivity index (χ0) is 73.9. The van der Waals surface area contributed by atoms with Gasteiger partial charge in [-0.3, -0.25) is 47.9 Å². The lowest BCUT2D eigenvalue weighted by Crippen LogP contribution is -2.58. The van der Waals surface area contributed by atoms with E-state index in [-0.39, 0.29) is 111 Å². The van der Waals surface area contributed by atoms with Crippen molar-refractivity contribution < 1.29 is 87.4 Å². The molecule has 30 nitrogen and oxygen atoms in total. The molecule has 10 amide bonds. The number of aliphatic hydroxyl groups is 2. The van der Waals surface area contributed by atoms with Crippen LogP contribution in [0.2, 0.25) is 0 Å². The highest BCUT2D eigenvalue weighted by atomic mass is 16.6. The summed E-state index contributed by atoms with van der Waals surface area (Å²) in [6.07, 6.45) is -1.41. The number of ketones is 2. The molecule has 1 aliphatic carbocycles. The van der Waals surface area contributed by atoms with Gasteiger partial charge in [0.1, 0.15) is 73.0 Å². The van der Waals surface area contributed by atoms with Crippen molar-refractivity contribution in [1.29, 1.82) is 0 Å². The summed E-state index contributed by atoms with van der Waals surface area (Å²) < 4.78 is 10.3. The molecule has 0 aromatic heterocycles. The van der Waals surface area contributed by atoms with Gasteiger partial charge in [-0.15, -0.1) is 0 Å². The number of amides is 10. The molecule has 4 aromatic rings. The minimum Gasteiger partial charge on any atom is -0.507 e. The van der Waals surface area contributed by atoms with Gasteiger partial charge in [0.15, 0.2) is 0 Å². The Morgan fingerprint density at radius 2 is 0.650 bits per heavy atom. The number of aliphatic hydroxyl groups excluding tert-OH is 2. The van der Waals surface area contributed by atoms with Gasteiger partial charge >= 0.3 is 12.2 Å². The highest BCUT2D eigenvalue weighted by molar-refractivity contribution is 6.33. The Kier molecular flexibility index (Phi) is 31.6.